The van der Waals surface area contributed by atoms with Gasteiger partial charge in [0, 0.05) is 12.8 Å². The van der Waals surface area contributed by atoms with Crippen LogP contribution in [-0.2, 0) is 32.7 Å². The van der Waals surface area contributed by atoms with Gasteiger partial charge >= 0.3 is 19.8 Å². The highest BCUT2D eigenvalue weighted by Crippen LogP contribution is 2.43. The molecule has 3 N–H and O–H groups in total. The number of phosphoric acid groups is 1. The van der Waals surface area contributed by atoms with Crippen LogP contribution >= 0.6 is 7.82 Å². The summed E-state index contributed by atoms with van der Waals surface area (Å²) in [6.45, 7) is 2.35. The molecule has 0 saturated carbocycles. The van der Waals surface area contributed by atoms with Crippen molar-refractivity contribution >= 4 is 19.8 Å². The van der Waals surface area contributed by atoms with Gasteiger partial charge in [-0.3, -0.25) is 18.6 Å². The van der Waals surface area contributed by atoms with E-state index < -0.39 is 51.8 Å². The molecule has 0 spiro atoms. The molecule has 3 atom stereocenters. The van der Waals surface area contributed by atoms with E-state index in [1.54, 1.807) is 0 Å². The van der Waals surface area contributed by atoms with Gasteiger partial charge in [0.05, 0.1) is 19.8 Å². The molecule has 0 heterocycles. The molecular weight excluding hydrogens is 695 g/mol. The first-order valence-corrected chi connectivity index (χ1v) is 22.8. The van der Waals surface area contributed by atoms with Gasteiger partial charge in [-0.2, -0.15) is 0 Å². The molecule has 0 aromatic heterocycles. The van der Waals surface area contributed by atoms with Crippen LogP contribution in [0.4, 0.5) is 0 Å². The first-order chi connectivity index (χ1) is 25.7. The number of ether oxygens (including phenoxy) is 2. The minimum atomic E-state index is -4.62. The van der Waals surface area contributed by atoms with E-state index in [0.29, 0.717) is 12.8 Å². The summed E-state index contributed by atoms with van der Waals surface area (Å²) in [6.07, 6.45) is 37.2. The molecule has 53 heavy (non-hydrogen) atoms. The van der Waals surface area contributed by atoms with Crippen molar-refractivity contribution in [1.29, 1.82) is 0 Å². The van der Waals surface area contributed by atoms with E-state index >= 15 is 0 Å². The van der Waals surface area contributed by atoms with E-state index in [2.05, 4.69) is 42.7 Å². The number of allylic oxidation sites excluding steroid dienone is 4. The van der Waals surface area contributed by atoms with Gasteiger partial charge in [-0.15, -0.1) is 0 Å². The van der Waals surface area contributed by atoms with Crippen LogP contribution in [0.2, 0.25) is 0 Å². The predicted molar refractivity (Wildman–Crippen MR) is 215 cm³/mol. The Kier molecular flexibility index (Phi) is 37.6. The molecule has 0 rings (SSSR count). The van der Waals surface area contributed by atoms with Gasteiger partial charge in [0.15, 0.2) is 6.10 Å². The summed E-state index contributed by atoms with van der Waals surface area (Å²) in [5.41, 5.74) is 0. The normalized spacial score (nSPS) is 14.1. The number of carbonyl (C=O) groups excluding carboxylic acids is 2. The zero-order valence-corrected chi connectivity index (χ0v) is 34.6. The van der Waals surface area contributed by atoms with Crippen LogP contribution in [0.5, 0.6) is 0 Å². The van der Waals surface area contributed by atoms with Crippen LogP contribution in [0.15, 0.2) is 24.3 Å². The highest BCUT2D eigenvalue weighted by molar-refractivity contribution is 7.47. The van der Waals surface area contributed by atoms with Gasteiger partial charge in [0.2, 0.25) is 0 Å². The molecule has 0 bridgehead atoms. The largest absolute Gasteiger partial charge is 0.472 e. The number of esters is 2. The van der Waals surface area contributed by atoms with Gasteiger partial charge in [0.25, 0.3) is 0 Å². The lowest BCUT2D eigenvalue weighted by Crippen LogP contribution is -2.29. The van der Waals surface area contributed by atoms with Crippen molar-refractivity contribution in [2.45, 2.75) is 206 Å². The lowest BCUT2D eigenvalue weighted by atomic mass is 10.1. The van der Waals surface area contributed by atoms with Crippen molar-refractivity contribution in [3.05, 3.63) is 24.3 Å². The van der Waals surface area contributed by atoms with Crippen molar-refractivity contribution in [2.75, 3.05) is 26.4 Å². The number of carbonyl (C=O) groups is 2. The fraction of sp³-hybridized carbons (Fsp3) is 0.857. The summed E-state index contributed by atoms with van der Waals surface area (Å²) in [4.78, 5) is 34.9. The third kappa shape index (κ3) is 38.5. The van der Waals surface area contributed by atoms with Crippen molar-refractivity contribution < 1.29 is 47.8 Å². The Morgan fingerprint density at radius 2 is 0.925 bits per heavy atom. The van der Waals surface area contributed by atoms with E-state index in [1.807, 2.05) is 0 Å². The number of hydrogen-bond acceptors (Lipinski definition) is 9. The van der Waals surface area contributed by atoms with Crippen molar-refractivity contribution in [1.82, 2.24) is 0 Å². The first kappa shape index (κ1) is 51.5. The SMILES string of the molecule is CCCCCCCC/C=C/CCCCCCCC(=O)O[C@H](COC(=O)CCCC/C=C/CCCCCCCCCCC)COP(=O)(O)OC[C@@H](O)CO. The molecule has 0 aliphatic rings. The Bertz CT molecular complexity index is 941. The third-order valence-corrected chi connectivity index (χ3v) is 10.0. The van der Waals surface area contributed by atoms with Gasteiger partial charge in [0.1, 0.15) is 12.7 Å². The predicted octanol–water partition coefficient (Wildman–Crippen LogP) is 11.0. The summed E-state index contributed by atoms with van der Waals surface area (Å²) >= 11 is 0. The molecule has 0 aliphatic heterocycles. The second-order valence-corrected chi connectivity index (χ2v) is 15.8. The molecule has 0 aromatic rings. The van der Waals surface area contributed by atoms with Crippen LogP contribution in [0, 0.1) is 0 Å². The summed E-state index contributed by atoms with van der Waals surface area (Å²) in [5.74, 6) is -0.956. The maximum Gasteiger partial charge on any atom is 0.472 e. The number of aliphatic hydroxyl groups is 2. The average Bonchev–Trinajstić information content (AvgIpc) is 3.14. The van der Waals surface area contributed by atoms with Crippen LogP contribution < -0.4 is 0 Å². The number of hydrogen-bond donors (Lipinski definition) is 3. The maximum atomic E-state index is 12.6. The Labute approximate surface area is 323 Å². The Hall–Kier alpha value is -1.55. The minimum Gasteiger partial charge on any atom is -0.462 e. The maximum absolute atomic E-state index is 12.6. The monoisotopic (exact) mass is 775 g/mol. The summed E-state index contributed by atoms with van der Waals surface area (Å²) in [7, 11) is -4.62. The van der Waals surface area contributed by atoms with E-state index in [1.165, 1.54) is 96.3 Å². The van der Waals surface area contributed by atoms with Crippen LogP contribution in [0.25, 0.3) is 0 Å². The molecule has 11 heteroatoms. The molecule has 10 nitrogen and oxygen atoms in total. The van der Waals surface area contributed by atoms with Crippen molar-refractivity contribution in [2.24, 2.45) is 0 Å². The highest BCUT2D eigenvalue weighted by Gasteiger charge is 2.27. The van der Waals surface area contributed by atoms with Gasteiger partial charge < -0.3 is 24.6 Å². The van der Waals surface area contributed by atoms with E-state index in [-0.39, 0.29) is 19.4 Å². The number of aliphatic hydroxyl groups excluding tert-OH is 2. The van der Waals surface area contributed by atoms with Gasteiger partial charge in [-0.25, -0.2) is 4.57 Å². The van der Waals surface area contributed by atoms with Crippen LogP contribution in [-0.4, -0.2) is 65.7 Å². The highest BCUT2D eigenvalue weighted by atomic mass is 31.2. The quantitative estimate of drug-likeness (QED) is 0.0238. The molecule has 0 radical (unpaired) electrons. The van der Waals surface area contributed by atoms with Crippen molar-refractivity contribution in [3.63, 3.8) is 0 Å². The number of phosphoric ester groups is 1. The molecule has 1 unspecified atom stereocenters. The molecule has 0 saturated heterocycles. The molecule has 0 fully saturated rings. The Morgan fingerprint density at radius 1 is 0.547 bits per heavy atom. The lowest BCUT2D eigenvalue weighted by Gasteiger charge is -2.20. The van der Waals surface area contributed by atoms with Gasteiger partial charge in [-0.1, -0.05) is 141 Å². The van der Waals surface area contributed by atoms with E-state index in [9.17, 15) is 24.2 Å². The van der Waals surface area contributed by atoms with Gasteiger partial charge in [-0.05, 0) is 64.2 Å². The zero-order valence-electron chi connectivity index (χ0n) is 33.7. The summed E-state index contributed by atoms with van der Waals surface area (Å²) in [6, 6.07) is 0. The Balaban J connectivity index is 4.34. The molecule has 0 aliphatic carbocycles. The fourth-order valence-electron chi connectivity index (χ4n) is 5.75. The number of unbranched alkanes of at least 4 members (excludes halogenated alkanes) is 22. The summed E-state index contributed by atoms with van der Waals surface area (Å²) < 4.78 is 32.6. The first-order valence-electron chi connectivity index (χ1n) is 21.3. The fourth-order valence-corrected chi connectivity index (χ4v) is 6.54. The topological polar surface area (TPSA) is 149 Å². The second-order valence-electron chi connectivity index (χ2n) is 14.4. The third-order valence-electron chi connectivity index (χ3n) is 9.08. The van der Waals surface area contributed by atoms with Crippen LogP contribution in [0.3, 0.4) is 0 Å². The standard InChI is InChI=1S/C42H79O10P/c1-3-5-7-9-11-13-15-17-19-21-23-25-27-29-31-33-41(45)49-37-40(38-51-53(47,48)50-36-39(44)35-43)52-42(46)34-32-30-28-26-24-22-20-18-16-14-12-10-8-6-4-2/h18,20,23,25,39-40,43-44H,3-17,19,21-22,24,26-38H2,1-2H3,(H,47,48)/b20-18+,25-23+/t39-,40+/m0/s1. The molecule has 0 amide bonds. The second kappa shape index (κ2) is 38.7. The number of rotatable bonds is 40. The zero-order chi connectivity index (χ0) is 39.1. The average molecular weight is 775 g/mol. The minimum absolute atomic E-state index is 0.172. The van der Waals surface area contributed by atoms with Crippen LogP contribution in [0.1, 0.15) is 194 Å². The smallest absolute Gasteiger partial charge is 0.462 e. The Morgan fingerprint density at radius 3 is 1.40 bits per heavy atom. The van der Waals surface area contributed by atoms with E-state index in [4.69, 9.17) is 19.1 Å². The van der Waals surface area contributed by atoms with E-state index in [0.717, 1.165) is 57.8 Å². The molecular formula is C42H79O10P. The van der Waals surface area contributed by atoms with Crippen molar-refractivity contribution in [3.8, 4) is 0 Å². The molecule has 312 valence electrons. The lowest BCUT2D eigenvalue weighted by molar-refractivity contribution is -0.161. The summed E-state index contributed by atoms with van der Waals surface area (Å²) in [5, 5.41) is 18.3. The molecule has 0 aromatic carbocycles.